The van der Waals surface area contributed by atoms with Gasteiger partial charge in [-0.25, -0.2) is 9.59 Å². The van der Waals surface area contributed by atoms with Crippen LogP contribution in [0.5, 0.6) is 0 Å². The van der Waals surface area contributed by atoms with Crippen molar-refractivity contribution < 1.29 is 19.5 Å². The SMILES string of the molecule is CC1CCCC(NC(=O)NCC(=O)NC(C)C)(C(=O)O)C1. The van der Waals surface area contributed by atoms with E-state index < -0.39 is 17.5 Å². The van der Waals surface area contributed by atoms with Crippen LogP contribution in [0.15, 0.2) is 0 Å². The molecule has 7 heteroatoms. The van der Waals surface area contributed by atoms with Gasteiger partial charge in [0.15, 0.2) is 0 Å². The second kappa shape index (κ2) is 7.28. The number of aliphatic carboxylic acids is 1. The molecular formula is C14H25N3O4. The maximum absolute atomic E-state index is 11.9. The van der Waals surface area contributed by atoms with Gasteiger partial charge in [-0.3, -0.25) is 4.79 Å². The Labute approximate surface area is 124 Å². The van der Waals surface area contributed by atoms with Gasteiger partial charge >= 0.3 is 12.0 Å². The number of hydrogen-bond acceptors (Lipinski definition) is 3. The lowest BCUT2D eigenvalue weighted by Gasteiger charge is -2.36. The van der Waals surface area contributed by atoms with E-state index in [1.165, 1.54) is 0 Å². The van der Waals surface area contributed by atoms with Crippen LogP contribution in [0.25, 0.3) is 0 Å². The summed E-state index contributed by atoms with van der Waals surface area (Å²) in [7, 11) is 0. The summed E-state index contributed by atoms with van der Waals surface area (Å²) < 4.78 is 0. The largest absolute Gasteiger partial charge is 0.480 e. The van der Waals surface area contributed by atoms with E-state index in [1.807, 2.05) is 20.8 Å². The Morgan fingerprint density at radius 1 is 1.33 bits per heavy atom. The van der Waals surface area contributed by atoms with Crippen molar-refractivity contribution >= 4 is 17.9 Å². The van der Waals surface area contributed by atoms with Gasteiger partial charge in [0, 0.05) is 6.04 Å². The molecule has 0 aromatic carbocycles. The van der Waals surface area contributed by atoms with Crippen LogP contribution in [0, 0.1) is 5.92 Å². The molecule has 7 nitrogen and oxygen atoms in total. The quantitative estimate of drug-likeness (QED) is 0.603. The first-order valence-electron chi connectivity index (χ1n) is 7.34. The van der Waals surface area contributed by atoms with Crippen molar-refractivity contribution in [2.75, 3.05) is 6.54 Å². The number of carbonyl (C=O) groups is 3. The predicted octanol–water partition coefficient (Wildman–Crippen LogP) is 0.844. The highest BCUT2D eigenvalue weighted by atomic mass is 16.4. The minimum Gasteiger partial charge on any atom is -0.480 e. The Bertz CT molecular complexity index is 411. The number of amides is 3. The van der Waals surface area contributed by atoms with Crippen LogP contribution in [0.4, 0.5) is 4.79 Å². The molecule has 0 spiro atoms. The predicted molar refractivity (Wildman–Crippen MR) is 77.8 cm³/mol. The summed E-state index contributed by atoms with van der Waals surface area (Å²) in [6.45, 7) is 5.45. The highest BCUT2D eigenvalue weighted by Gasteiger charge is 2.43. The van der Waals surface area contributed by atoms with Crippen molar-refractivity contribution in [1.29, 1.82) is 0 Å². The molecule has 2 atom stereocenters. The molecule has 1 aliphatic carbocycles. The van der Waals surface area contributed by atoms with Crippen LogP contribution in [-0.4, -0.2) is 41.1 Å². The first kappa shape index (κ1) is 17.3. The molecule has 2 unspecified atom stereocenters. The van der Waals surface area contributed by atoms with Gasteiger partial charge in [0.05, 0.1) is 6.54 Å². The van der Waals surface area contributed by atoms with Gasteiger partial charge in [0.2, 0.25) is 5.91 Å². The van der Waals surface area contributed by atoms with Gasteiger partial charge in [-0.15, -0.1) is 0 Å². The van der Waals surface area contributed by atoms with Crippen LogP contribution in [0.2, 0.25) is 0 Å². The lowest BCUT2D eigenvalue weighted by atomic mass is 9.76. The molecule has 21 heavy (non-hydrogen) atoms. The van der Waals surface area contributed by atoms with Crippen LogP contribution in [0.1, 0.15) is 46.5 Å². The maximum atomic E-state index is 11.9. The van der Waals surface area contributed by atoms with Crippen molar-refractivity contribution in [1.82, 2.24) is 16.0 Å². The van der Waals surface area contributed by atoms with Gasteiger partial charge in [0.25, 0.3) is 0 Å². The smallest absolute Gasteiger partial charge is 0.329 e. The summed E-state index contributed by atoms with van der Waals surface area (Å²) in [5.74, 6) is -1.07. The molecular weight excluding hydrogens is 274 g/mol. The lowest BCUT2D eigenvalue weighted by molar-refractivity contribution is -0.146. The monoisotopic (exact) mass is 299 g/mol. The molecule has 1 fully saturated rings. The van der Waals surface area contributed by atoms with Crippen molar-refractivity contribution in [2.45, 2.75) is 58.0 Å². The van der Waals surface area contributed by atoms with Crippen LogP contribution in [-0.2, 0) is 9.59 Å². The van der Waals surface area contributed by atoms with Crippen molar-refractivity contribution in [3.05, 3.63) is 0 Å². The molecule has 3 amide bonds. The van der Waals surface area contributed by atoms with E-state index in [0.717, 1.165) is 12.8 Å². The minimum absolute atomic E-state index is 0.00748. The number of nitrogens with one attached hydrogen (secondary N) is 3. The molecule has 0 radical (unpaired) electrons. The van der Waals surface area contributed by atoms with Gasteiger partial charge in [-0.05, 0) is 32.6 Å². The van der Waals surface area contributed by atoms with Crippen molar-refractivity contribution in [3.8, 4) is 0 Å². The van der Waals surface area contributed by atoms with E-state index in [1.54, 1.807) is 0 Å². The normalized spacial score (nSPS) is 25.2. The summed E-state index contributed by atoms with van der Waals surface area (Å²) in [6.07, 6.45) is 2.56. The Balaban J connectivity index is 2.54. The summed E-state index contributed by atoms with van der Waals surface area (Å²) in [5, 5.41) is 17.0. The van der Waals surface area contributed by atoms with Crippen molar-refractivity contribution in [3.63, 3.8) is 0 Å². The Morgan fingerprint density at radius 2 is 2.00 bits per heavy atom. The van der Waals surface area contributed by atoms with Crippen LogP contribution < -0.4 is 16.0 Å². The Kier molecular flexibility index (Phi) is 5.99. The molecule has 0 aromatic rings. The number of carboxylic acids is 1. The van der Waals surface area contributed by atoms with Crippen molar-refractivity contribution in [2.24, 2.45) is 5.92 Å². The molecule has 1 rings (SSSR count). The molecule has 0 heterocycles. The number of rotatable bonds is 5. The van der Waals surface area contributed by atoms with Gasteiger partial charge in [-0.2, -0.15) is 0 Å². The molecule has 0 aliphatic heterocycles. The van der Waals surface area contributed by atoms with E-state index in [2.05, 4.69) is 16.0 Å². The first-order chi connectivity index (χ1) is 9.75. The van der Waals surface area contributed by atoms with E-state index in [4.69, 9.17) is 0 Å². The zero-order valence-corrected chi connectivity index (χ0v) is 12.9. The second-order valence-corrected chi connectivity index (χ2v) is 6.12. The zero-order valence-electron chi connectivity index (χ0n) is 12.9. The Morgan fingerprint density at radius 3 is 2.52 bits per heavy atom. The molecule has 120 valence electrons. The number of urea groups is 1. The highest BCUT2D eigenvalue weighted by molar-refractivity contribution is 5.88. The maximum Gasteiger partial charge on any atom is 0.329 e. The molecule has 0 aromatic heterocycles. The standard InChI is InChI=1S/C14H25N3O4/c1-9(2)16-11(18)8-15-13(21)17-14(12(19)20)6-4-5-10(3)7-14/h9-10H,4-8H2,1-3H3,(H,16,18)(H,19,20)(H2,15,17,21). The van der Waals surface area contributed by atoms with Crippen LogP contribution in [0.3, 0.4) is 0 Å². The molecule has 1 saturated carbocycles. The van der Waals surface area contributed by atoms with E-state index in [0.29, 0.717) is 12.8 Å². The highest BCUT2D eigenvalue weighted by Crippen LogP contribution is 2.32. The minimum atomic E-state index is -1.23. The zero-order chi connectivity index (χ0) is 16.0. The number of carboxylic acid groups (broad SMARTS) is 1. The average Bonchev–Trinajstić information content (AvgIpc) is 2.35. The second-order valence-electron chi connectivity index (χ2n) is 6.12. The fourth-order valence-electron chi connectivity index (χ4n) is 2.71. The van der Waals surface area contributed by atoms with Gasteiger partial charge in [-0.1, -0.05) is 19.8 Å². The summed E-state index contributed by atoms with van der Waals surface area (Å²) in [5.41, 5.74) is -1.23. The van der Waals surface area contributed by atoms with Crippen LogP contribution >= 0.6 is 0 Å². The van der Waals surface area contributed by atoms with E-state index >= 15 is 0 Å². The molecule has 0 saturated heterocycles. The topological polar surface area (TPSA) is 108 Å². The van der Waals surface area contributed by atoms with Gasteiger partial charge in [0.1, 0.15) is 5.54 Å². The van der Waals surface area contributed by atoms with E-state index in [9.17, 15) is 19.5 Å². The average molecular weight is 299 g/mol. The summed E-state index contributed by atoms with van der Waals surface area (Å²) in [4.78, 5) is 34.8. The fraction of sp³-hybridized carbons (Fsp3) is 0.786. The molecule has 1 aliphatic rings. The first-order valence-corrected chi connectivity index (χ1v) is 7.34. The molecule has 0 bridgehead atoms. The number of hydrogen-bond donors (Lipinski definition) is 4. The third-order valence-electron chi connectivity index (χ3n) is 3.62. The van der Waals surface area contributed by atoms with E-state index in [-0.39, 0.29) is 24.4 Å². The third-order valence-corrected chi connectivity index (χ3v) is 3.62. The third kappa shape index (κ3) is 5.24. The Hall–Kier alpha value is -1.79. The summed E-state index contributed by atoms with van der Waals surface area (Å²) >= 11 is 0. The van der Waals surface area contributed by atoms with Gasteiger partial charge < -0.3 is 21.1 Å². The molecule has 4 N–H and O–H groups in total. The summed E-state index contributed by atoms with van der Waals surface area (Å²) in [6, 6.07) is -0.627. The fourth-order valence-corrected chi connectivity index (χ4v) is 2.71. The lowest BCUT2D eigenvalue weighted by Crippen LogP contribution is -2.59. The number of carbonyl (C=O) groups excluding carboxylic acids is 2.